The minimum atomic E-state index is -0.970. The number of carbonyl (C=O) groups is 1. The van der Waals surface area contributed by atoms with Crippen LogP contribution in [0, 0.1) is 6.92 Å². The van der Waals surface area contributed by atoms with E-state index in [2.05, 4.69) is 5.32 Å². The fraction of sp³-hybridized carbons (Fsp3) is 0.462. The summed E-state index contributed by atoms with van der Waals surface area (Å²) in [4.78, 5) is 11.2. The summed E-state index contributed by atoms with van der Waals surface area (Å²) in [5.41, 5.74) is 1.36. The Kier molecular flexibility index (Phi) is 4.97. The van der Waals surface area contributed by atoms with E-state index in [-0.39, 0.29) is 5.75 Å². The summed E-state index contributed by atoms with van der Waals surface area (Å²) >= 11 is 0. The van der Waals surface area contributed by atoms with Gasteiger partial charge < -0.3 is 15.5 Å². The van der Waals surface area contributed by atoms with Gasteiger partial charge in [0.1, 0.15) is 11.8 Å². The number of hydrogen-bond acceptors (Lipinski definition) is 3. The van der Waals surface area contributed by atoms with Crippen LogP contribution in [0.1, 0.15) is 36.9 Å². The van der Waals surface area contributed by atoms with Gasteiger partial charge in [0.25, 0.3) is 0 Å². The molecule has 0 fully saturated rings. The van der Waals surface area contributed by atoms with Crippen LogP contribution in [0.3, 0.4) is 0 Å². The summed E-state index contributed by atoms with van der Waals surface area (Å²) in [6.45, 7) is 4.54. The first-order valence-electron chi connectivity index (χ1n) is 5.82. The second-order valence-electron chi connectivity index (χ2n) is 4.14. The lowest BCUT2D eigenvalue weighted by molar-refractivity contribution is -0.139. The van der Waals surface area contributed by atoms with Gasteiger partial charge in [-0.25, -0.2) is 0 Å². The van der Waals surface area contributed by atoms with E-state index in [0.717, 1.165) is 18.4 Å². The molecule has 0 aliphatic rings. The summed E-state index contributed by atoms with van der Waals surface area (Å²) in [6, 6.07) is 4.14. The number of aliphatic carboxylic acids is 1. The molecule has 94 valence electrons. The van der Waals surface area contributed by atoms with Crippen LogP contribution in [-0.2, 0) is 4.79 Å². The Hall–Kier alpha value is -1.55. The molecule has 17 heavy (non-hydrogen) atoms. The molecule has 3 N–H and O–H groups in total. The Morgan fingerprint density at radius 1 is 1.47 bits per heavy atom. The maximum atomic E-state index is 11.2. The third kappa shape index (κ3) is 3.75. The number of unbranched alkanes of at least 4 members (excludes halogenated alkanes) is 1. The Labute approximate surface area is 101 Å². The Morgan fingerprint density at radius 2 is 2.18 bits per heavy atom. The molecular formula is C13H19NO3. The molecule has 0 radical (unpaired) electrons. The number of phenols is 1. The predicted octanol–water partition coefficient (Wildman–Crippen LogP) is 2.22. The lowest BCUT2D eigenvalue weighted by atomic mass is 10.0. The van der Waals surface area contributed by atoms with Crippen LogP contribution < -0.4 is 5.32 Å². The SMILES string of the molecule is CCCCNC(C(=O)O)c1cc(C)ccc1O. The number of carboxylic acids is 1. The van der Waals surface area contributed by atoms with E-state index in [1.54, 1.807) is 12.1 Å². The Morgan fingerprint density at radius 3 is 2.76 bits per heavy atom. The van der Waals surface area contributed by atoms with Gasteiger partial charge in [0.2, 0.25) is 0 Å². The van der Waals surface area contributed by atoms with Gasteiger partial charge in [-0.3, -0.25) is 4.79 Å². The van der Waals surface area contributed by atoms with Crippen molar-refractivity contribution in [3.05, 3.63) is 29.3 Å². The fourth-order valence-electron chi connectivity index (χ4n) is 1.66. The maximum Gasteiger partial charge on any atom is 0.325 e. The summed E-state index contributed by atoms with van der Waals surface area (Å²) in [7, 11) is 0. The molecule has 0 saturated carbocycles. The van der Waals surface area contributed by atoms with Crippen LogP contribution in [-0.4, -0.2) is 22.7 Å². The average Bonchev–Trinajstić information content (AvgIpc) is 2.28. The minimum Gasteiger partial charge on any atom is -0.508 e. The molecule has 0 saturated heterocycles. The molecule has 0 spiro atoms. The Balaban J connectivity index is 2.89. The molecule has 0 aliphatic carbocycles. The van der Waals surface area contributed by atoms with Gasteiger partial charge in [0, 0.05) is 5.56 Å². The highest BCUT2D eigenvalue weighted by Gasteiger charge is 2.21. The number of phenolic OH excluding ortho intramolecular Hbond substituents is 1. The molecule has 0 aliphatic heterocycles. The second-order valence-corrected chi connectivity index (χ2v) is 4.14. The normalized spacial score (nSPS) is 12.4. The van der Waals surface area contributed by atoms with Crippen molar-refractivity contribution in [1.82, 2.24) is 5.32 Å². The van der Waals surface area contributed by atoms with Gasteiger partial charge in [-0.05, 0) is 26.0 Å². The standard InChI is InChI=1S/C13H19NO3/c1-3-4-7-14-12(13(16)17)10-8-9(2)5-6-11(10)15/h5-6,8,12,14-15H,3-4,7H2,1-2H3,(H,16,17). The van der Waals surface area contributed by atoms with Crippen LogP contribution in [0.25, 0.3) is 0 Å². The largest absolute Gasteiger partial charge is 0.508 e. The molecule has 0 amide bonds. The molecule has 1 unspecified atom stereocenters. The number of nitrogens with one attached hydrogen (secondary N) is 1. The van der Waals surface area contributed by atoms with Crippen molar-refractivity contribution >= 4 is 5.97 Å². The van der Waals surface area contributed by atoms with Crippen LogP contribution >= 0.6 is 0 Å². The highest BCUT2D eigenvalue weighted by molar-refractivity contribution is 5.76. The summed E-state index contributed by atoms with van der Waals surface area (Å²) in [5.74, 6) is -0.950. The molecule has 0 aromatic heterocycles. The third-order valence-electron chi connectivity index (χ3n) is 2.62. The van der Waals surface area contributed by atoms with E-state index < -0.39 is 12.0 Å². The fourth-order valence-corrected chi connectivity index (χ4v) is 1.66. The molecule has 0 heterocycles. The highest BCUT2D eigenvalue weighted by atomic mass is 16.4. The van der Waals surface area contributed by atoms with Crippen molar-refractivity contribution in [2.45, 2.75) is 32.7 Å². The average molecular weight is 237 g/mol. The lowest BCUT2D eigenvalue weighted by Gasteiger charge is -2.16. The number of aromatic hydroxyl groups is 1. The number of aryl methyl sites for hydroxylation is 1. The van der Waals surface area contributed by atoms with Crippen LogP contribution in [0.5, 0.6) is 5.75 Å². The predicted molar refractivity (Wildman–Crippen MR) is 66.1 cm³/mol. The van der Waals surface area contributed by atoms with Gasteiger partial charge >= 0.3 is 5.97 Å². The second kappa shape index (κ2) is 6.25. The first kappa shape index (κ1) is 13.5. The summed E-state index contributed by atoms with van der Waals surface area (Å²) < 4.78 is 0. The molecule has 1 rings (SSSR count). The van der Waals surface area contributed by atoms with Gasteiger partial charge in [-0.1, -0.05) is 31.0 Å². The number of rotatable bonds is 6. The molecule has 4 nitrogen and oxygen atoms in total. The lowest BCUT2D eigenvalue weighted by Crippen LogP contribution is -2.29. The number of benzene rings is 1. The van der Waals surface area contributed by atoms with E-state index in [1.807, 2.05) is 13.8 Å². The van der Waals surface area contributed by atoms with Crippen LogP contribution in [0.4, 0.5) is 0 Å². The molecule has 1 atom stereocenters. The maximum absolute atomic E-state index is 11.2. The van der Waals surface area contributed by atoms with E-state index in [4.69, 9.17) is 5.11 Å². The highest BCUT2D eigenvalue weighted by Crippen LogP contribution is 2.25. The van der Waals surface area contributed by atoms with Gasteiger partial charge in [-0.2, -0.15) is 0 Å². The quantitative estimate of drug-likeness (QED) is 0.663. The van der Waals surface area contributed by atoms with E-state index >= 15 is 0 Å². The zero-order valence-corrected chi connectivity index (χ0v) is 10.2. The van der Waals surface area contributed by atoms with Crippen molar-refractivity contribution in [2.75, 3.05) is 6.54 Å². The zero-order valence-electron chi connectivity index (χ0n) is 10.2. The van der Waals surface area contributed by atoms with Crippen molar-refractivity contribution in [1.29, 1.82) is 0 Å². The van der Waals surface area contributed by atoms with Gasteiger partial charge in [-0.15, -0.1) is 0 Å². The van der Waals surface area contributed by atoms with Crippen molar-refractivity contribution < 1.29 is 15.0 Å². The van der Waals surface area contributed by atoms with E-state index in [9.17, 15) is 9.90 Å². The van der Waals surface area contributed by atoms with E-state index in [0.29, 0.717) is 12.1 Å². The smallest absolute Gasteiger partial charge is 0.325 e. The zero-order chi connectivity index (χ0) is 12.8. The Bertz CT molecular complexity index is 390. The van der Waals surface area contributed by atoms with Crippen molar-refractivity contribution in [2.24, 2.45) is 0 Å². The van der Waals surface area contributed by atoms with Gasteiger partial charge in [0.05, 0.1) is 0 Å². The third-order valence-corrected chi connectivity index (χ3v) is 2.62. The number of hydrogen-bond donors (Lipinski definition) is 3. The number of carboxylic acid groups (broad SMARTS) is 1. The molecule has 4 heteroatoms. The monoisotopic (exact) mass is 237 g/mol. The van der Waals surface area contributed by atoms with E-state index in [1.165, 1.54) is 6.07 Å². The summed E-state index contributed by atoms with van der Waals surface area (Å²) in [5, 5.41) is 21.8. The molecule has 1 aromatic rings. The van der Waals surface area contributed by atoms with Crippen LogP contribution in [0.15, 0.2) is 18.2 Å². The molecule has 0 bridgehead atoms. The first-order valence-corrected chi connectivity index (χ1v) is 5.82. The minimum absolute atomic E-state index is 0.0204. The summed E-state index contributed by atoms with van der Waals surface area (Å²) in [6.07, 6.45) is 1.91. The van der Waals surface area contributed by atoms with Crippen molar-refractivity contribution in [3.8, 4) is 5.75 Å². The molecule has 1 aromatic carbocycles. The van der Waals surface area contributed by atoms with Crippen molar-refractivity contribution in [3.63, 3.8) is 0 Å². The first-order chi connectivity index (χ1) is 8.06. The molecular weight excluding hydrogens is 218 g/mol. The topological polar surface area (TPSA) is 69.6 Å². The van der Waals surface area contributed by atoms with Gasteiger partial charge in [0.15, 0.2) is 0 Å². The van der Waals surface area contributed by atoms with Crippen LogP contribution in [0.2, 0.25) is 0 Å².